The monoisotopic (exact) mass is 229 g/mol. The maximum Gasteiger partial charge on any atom is 0.223 e. The van der Waals surface area contributed by atoms with E-state index in [0.29, 0.717) is 0 Å². The molecule has 2 heterocycles. The molecule has 0 atom stereocenters. The number of nitrogens with zero attached hydrogens (tertiary/aromatic N) is 4. The van der Waals surface area contributed by atoms with Crippen molar-refractivity contribution in [3.8, 4) is 6.07 Å². The fraction of sp³-hybridized carbons (Fsp3) is 0.462. The number of aromatic nitrogens is 1. The summed E-state index contributed by atoms with van der Waals surface area (Å²) in [4.78, 5) is 6.67. The zero-order valence-corrected chi connectivity index (χ0v) is 10.1. The third-order valence-corrected chi connectivity index (χ3v) is 3.17. The van der Waals surface area contributed by atoms with E-state index in [-0.39, 0.29) is 5.92 Å². The maximum atomic E-state index is 8.85. The van der Waals surface area contributed by atoms with E-state index in [4.69, 9.17) is 5.26 Å². The summed E-state index contributed by atoms with van der Waals surface area (Å²) < 4.78 is 1.79. The zero-order chi connectivity index (χ0) is 12.3. The van der Waals surface area contributed by atoms with Gasteiger partial charge in [-0.1, -0.05) is 0 Å². The van der Waals surface area contributed by atoms with Crippen LogP contribution in [0.3, 0.4) is 0 Å². The Balaban J connectivity index is 2.04. The molecule has 1 aliphatic heterocycles. The Morgan fingerprint density at radius 1 is 1.47 bits per heavy atom. The van der Waals surface area contributed by atoms with Gasteiger partial charge in [-0.3, -0.25) is 0 Å². The number of rotatable bonds is 2. The van der Waals surface area contributed by atoms with Gasteiger partial charge in [0, 0.05) is 25.1 Å². The van der Waals surface area contributed by atoms with Gasteiger partial charge in [-0.15, -0.1) is 0 Å². The lowest BCUT2D eigenvalue weighted by molar-refractivity contribution is -0.395. The highest BCUT2D eigenvalue weighted by atomic mass is 15.2. The summed E-state index contributed by atoms with van der Waals surface area (Å²) in [7, 11) is 1.90. The minimum absolute atomic E-state index is 0.219. The van der Waals surface area contributed by atoms with E-state index < -0.39 is 0 Å². The van der Waals surface area contributed by atoms with Crippen LogP contribution in [-0.4, -0.2) is 36.4 Å². The minimum atomic E-state index is 0.219. The third kappa shape index (κ3) is 2.62. The number of piperidine rings is 1. The first-order chi connectivity index (χ1) is 8.20. The van der Waals surface area contributed by atoms with Crippen LogP contribution in [0.5, 0.6) is 0 Å². The Morgan fingerprint density at radius 2 is 2.18 bits per heavy atom. The second kappa shape index (κ2) is 4.96. The van der Waals surface area contributed by atoms with Crippen molar-refractivity contribution in [3.63, 3.8) is 0 Å². The van der Waals surface area contributed by atoms with Crippen LogP contribution in [0.25, 0.3) is 0 Å². The Hall–Kier alpha value is -1.89. The molecule has 0 N–H and O–H groups in total. The predicted octanol–water partition coefficient (Wildman–Crippen LogP) is 1.80. The Bertz CT molecular complexity index is 435. The summed E-state index contributed by atoms with van der Waals surface area (Å²) in [5.74, 6) is 1.21. The molecule has 0 aliphatic carbocycles. The summed E-state index contributed by atoms with van der Waals surface area (Å²) in [6, 6.07) is 6.38. The Morgan fingerprint density at radius 3 is 2.65 bits per heavy atom. The van der Waals surface area contributed by atoms with Crippen molar-refractivity contribution in [1.82, 2.24) is 4.98 Å². The lowest BCUT2D eigenvalue weighted by Crippen LogP contribution is -2.33. The van der Waals surface area contributed by atoms with Gasteiger partial charge in [0.15, 0.2) is 0 Å². The van der Waals surface area contributed by atoms with Crippen LogP contribution in [0, 0.1) is 17.2 Å². The van der Waals surface area contributed by atoms with Gasteiger partial charge in [-0.05, 0) is 18.9 Å². The summed E-state index contributed by atoms with van der Waals surface area (Å²) >= 11 is 0. The van der Waals surface area contributed by atoms with E-state index in [1.807, 2.05) is 25.4 Å². The molecule has 0 bridgehead atoms. The number of hydrogen-bond donors (Lipinski definition) is 0. The van der Waals surface area contributed by atoms with Crippen molar-refractivity contribution in [2.75, 3.05) is 25.0 Å². The van der Waals surface area contributed by atoms with Gasteiger partial charge in [-0.2, -0.15) is 5.26 Å². The molecule has 0 saturated carbocycles. The molecular weight excluding hydrogens is 212 g/mol. The quantitative estimate of drug-likeness (QED) is 0.573. The van der Waals surface area contributed by atoms with Crippen LogP contribution in [0.1, 0.15) is 12.8 Å². The normalized spacial score (nSPS) is 16.6. The molecule has 2 rings (SSSR count). The van der Waals surface area contributed by atoms with Crippen molar-refractivity contribution < 1.29 is 4.58 Å². The molecule has 4 heteroatoms. The minimum Gasteiger partial charge on any atom is -0.357 e. The average molecular weight is 229 g/mol. The van der Waals surface area contributed by atoms with E-state index in [2.05, 4.69) is 22.7 Å². The zero-order valence-electron chi connectivity index (χ0n) is 10.1. The molecule has 0 spiro atoms. The van der Waals surface area contributed by atoms with Crippen molar-refractivity contribution >= 4 is 18.2 Å². The molecule has 1 fully saturated rings. The predicted molar refractivity (Wildman–Crippen MR) is 67.8 cm³/mol. The average Bonchev–Trinajstić information content (AvgIpc) is 2.39. The van der Waals surface area contributed by atoms with Crippen molar-refractivity contribution in [3.05, 3.63) is 18.3 Å². The third-order valence-electron chi connectivity index (χ3n) is 3.17. The fourth-order valence-electron chi connectivity index (χ4n) is 2.03. The molecule has 1 aliphatic rings. The van der Waals surface area contributed by atoms with Crippen LogP contribution in [0.4, 0.5) is 11.5 Å². The lowest BCUT2D eigenvalue weighted by Gasteiger charge is -2.29. The van der Waals surface area contributed by atoms with Gasteiger partial charge < -0.3 is 4.90 Å². The van der Waals surface area contributed by atoms with E-state index in [1.165, 1.54) is 0 Å². The summed E-state index contributed by atoms with van der Waals surface area (Å²) in [6.07, 6.45) is 3.71. The highest BCUT2D eigenvalue weighted by Crippen LogP contribution is 2.22. The van der Waals surface area contributed by atoms with Crippen molar-refractivity contribution in [2.45, 2.75) is 12.8 Å². The topological polar surface area (TPSA) is 42.9 Å². The fourth-order valence-corrected chi connectivity index (χ4v) is 2.03. The molecule has 17 heavy (non-hydrogen) atoms. The van der Waals surface area contributed by atoms with Crippen LogP contribution in [0.15, 0.2) is 18.3 Å². The second-order valence-electron chi connectivity index (χ2n) is 4.46. The highest BCUT2D eigenvalue weighted by Gasteiger charge is 2.19. The molecule has 1 aromatic heterocycles. The molecule has 0 amide bonds. The number of nitriles is 1. The van der Waals surface area contributed by atoms with Gasteiger partial charge in [0.1, 0.15) is 25.8 Å². The van der Waals surface area contributed by atoms with Crippen LogP contribution >= 0.6 is 0 Å². The number of hydrogen-bond acceptors (Lipinski definition) is 3. The highest BCUT2D eigenvalue weighted by molar-refractivity contribution is 5.44. The molecule has 1 aromatic rings. The molecular formula is C13H17N4+. The molecule has 88 valence electrons. The van der Waals surface area contributed by atoms with Crippen LogP contribution < -0.4 is 4.90 Å². The summed E-state index contributed by atoms with van der Waals surface area (Å²) in [5.41, 5.74) is 1.00. The van der Waals surface area contributed by atoms with Gasteiger partial charge in [0.2, 0.25) is 5.69 Å². The van der Waals surface area contributed by atoms with Gasteiger partial charge in [0.05, 0.1) is 6.07 Å². The van der Waals surface area contributed by atoms with Crippen molar-refractivity contribution in [2.24, 2.45) is 5.92 Å². The van der Waals surface area contributed by atoms with Gasteiger partial charge in [0.25, 0.3) is 0 Å². The summed E-state index contributed by atoms with van der Waals surface area (Å²) in [6.45, 7) is 5.66. The van der Waals surface area contributed by atoms with Gasteiger partial charge in [-0.25, -0.2) is 9.56 Å². The van der Waals surface area contributed by atoms with Crippen LogP contribution in [-0.2, 0) is 0 Å². The summed E-state index contributed by atoms with van der Waals surface area (Å²) in [5, 5.41) is 8.85. The van der Waals surface area contributed by atoms with E-state index in [0.717, 1.165) is 37.4 Å². The first-order valence-electron chi connectivity index (χ1n) is 5.85. The Kier molecular flexibility index (Phi) is 3.38. The van der Waals surface area contributed by atoms with Crippen molar-refractivity contribution in [1.29, 1.82) is 5.26 Å². The SMILES string of the molecule is C=[N+](C)c1ccc(N2CCC(C#N)CC2)nc1. The maximum absolute atomic E-state index is 8.85. The lowest BCUT2D eigenvalue weighted by atomic mass is 9.99. The van der Waals surface area contributed by atoms with Gasteiger partial charge >= 0.3 is 0 Å². The van der Waals surface area contributed by atoms with Crippen LogP contribution in [0.2, 0.25) is 0 Å². The largest absolute Gasteiger partial charge is 0.357 e. The molecule has 1 saturated heterocycles. The molecule has 0 aromatic carbocycles. The van der Waals surface area contributed by atoms with E-state index >= 15 is 0 Å². The first kappa shape index (κ1) is 11.6. The number of anilines is 1. The molecule has 0 unspecified atom stereocenters. The van der Waals surface area contributed by atoms with E-state index in [9.17, 15) is 0 Å². The second-order valence-corrected chi connectivity index (χ2v) is 4.46. The smallest absolute Gasteiger partial charge is 0.223 e. The Labute approximate surface area is 102 Å². The molecule has 0 radical (unpaired) electrons. The number of pyridine rings is 1. The first-order valence-corrected chi connectivity index (χ1v) is 5.85. The van der Waals surface area contributed by atoms with E-state index in [1.54, 1.807) is 4.58 Å². The molecule has 4 nitrogen and oxygen atoms in total. The standard InChI is InChI=1S/C13H17N4/c1-16(2)12-3-4-13(15-10-12)17-7-5-11(9-14)6-8-17/h3-4,10-11H,1,5-8H2,2H3/q+1.